The first-order valence-corrected chi connectivity index (χ1v) is 7.41. The standard InChI is InChI=1S/C17H17N3O4/c1-10-8-15(11(2)23-10)17(21)18-13-4-6-14(7-5-13)22-9-16-20-19-12(3)24-16/h4-8H,9H2,1-3H3,(H,18,21). The van der Waals surface area contributed by atoms with Gasteiger partial charge in [0.2, 0.25) is 5.89 Å². The Kier molecular flexibility index (Phi) is 4.33. The van der Waals surface area contributed by atoms with Gasteiger partial charge in [-0.3, -0.25) is 4.79 Å². The summed E-state index contributed by atoms with van der Waals surface area (Å²) in [7, 11) is 0. The molecule has 2 aromatic heterocycles. The largest absolute Gasteiger partial charge is 0.484 e. The number of rotatable bonds is 5. The van der Waals surface area contributed by atoms with Gasteiger partial charge < -0.3 is 18.9 Å². The van der Waals surface area contributed by atoms with Crippen molar-refractivity contribution < 1.29 is 18.4 Å². The van der Waals surface area contributed by atoms with E-state index in [-0.39, 0.29) is 12.5 Å². The molecule has 7 nitrogen and oxygen atoms in total. The van der Waals surface area contributed by atoms with Crippen LogP contribution in [-0.4, -0.2) is 16.1 Å². The Labute approximate surface area is 138 Å². The quantitative estimate of drug-likeness (QED) is 0.772. The van der Waals surface area contributed by atoms with Crippen LogP contribution in [0.1, 0.15) is 33.7 Å². The Morgan fingerprint density at radius 3 is 2.46 bits per heavy atom. The second-order valence-electron chi connectivity index (χ2n) is 5.31. The fourth-order valence-electron chi connectivity index (χ4n) is 2.23. The van der Waals surface area contributed by atoms with Gasteiger partial charge in [-0.2, -0.15) is 0 Å². The maximum Gasteiger partial charge on any atom is 0.259 e. The van der Waals surface area contributed by atoms with Crippen LogP contribution in [0.3, 0.4) is 0 Å². The van der Waals surface area contributed by atoms with Gasteiger partial charge in [-0.05, 0) is 44.2 Å². The summed E-state index contributed by atoms with van der Waals surface area (Å²) in [5.41, 5.74) is 1.19. The molecule has 0 radical (unpaired) electrons. The lowest BCUT2D eigenvalue weighted by atomic mass is 10.2. The van der Waals surface area contributed by atoms with Gasteiger partial charge in [0.15, 0.2) is 6.61 Å². The molecule has 0 bridgehead atoms. The smallest absolute Gasteiger partial charge is 0.259 e. The zero-order valence-corrected chi connectivity index (χ0v) is 13.6. The predicted molar refractivity (Wildman–Crippen MR) is 85.9 cm³/mol. The molecule has 1 amide bonds. The molecule has 0 atom stereocenters. The monoisotopic (exact) mass is 327 g/mol. The van der Waals surface area contributed by atoms with E-state index in [1.54, 1.807) is 51.1 Å². The molecule has 3 aromatic rings. The lowest BCUT2D eigenvalue weighted by Gasteiger charge is -2.07. The Morgan fingerprint density at radius 2 is 1.88 bits per heavy atom. The normalized spacial score (nSPS) is 10.6. The van der Waals surface area contributed by atoms with Crippen LogP contribution >= 0.6 is 0 Å². The van der Waals surface area contributed by atoms with E-state index in [2.05, 4.69) is 15.5 Å². The zero-order valence-electron chi connectivity index (χ0n) is 13.6. The van der Waals surface area contributed by atoms with E-state index in [1.165, 1.54) is 0 Å². The van der Waals surface area contributed by atoms with Crippen molar-refractivity contribution in [3.8, 4) is 5.75 Å². The summed E-state index contributed by atoms with van der Waals surface area (Å²) >= 11 is 0. The van der Waals surface area contributed by atoms with Crippen LogP contribution in [0.4, 0.5) is 5.69 Å². The second-order valence-corrected chi connectivity index (χ2v) is 5.31. The topological polar surface area (TPSA) is 90.4 Å². The number of nitrogens with zero attached hydrogens (tertiary/aromatic N) is 2. The Hall–Kier alpha value is -3.09. The van der Waals surface area contributed by atoms with Gasteiger partial charge in [0.05, 0.1) is 5.56 Å². The number of anilines is 1. The fraction of sp³-hybridized carbons (Fsp3) is 0.235. The minimum absolute atomic E-state index is 0.194. The molecule has 24 heavy (non-hydrogen) atoms. The molecule has 0 saturated heterocycles. The minimum Gasteiger partial charge on any atom is -0.484 e. The number of benzene rings is 1. The highest BCUT2D eigenvalue weighted by atomic mass is 16.5. The SMILES string of the molecule is Cc1cc(C(=O)Nc2ccc(OCc3nnc(C)o3)cc2)c(C)o1. The number of hydrogen-bond donors (Lipinski definition) is 1. The van der Waals surface area contributed by atoms with Gasteiger partial charge in [0.1, 0.15) is 17.3 Å². The van der Waals surface area contributed by atoms with Crippen LogP contribution in [0.25, 0.3) is 0 Å². The van der Waals surface area contributed by atoms with Crippen LogP contribution < -0.4 is 10.1 Å². The van der Waals surface area contributed by atoms with E-state index < -0.39 is 0 Å². The van der Waals surface area contributed by atoms with E-state index in [4.69, 9.17) is 13.6 Å². The molecule has 7 heteroatoms. The van der Waals surface area contributed by atoms with Crippen LogP contribution in [0, 0.1) is 20.8 Å². The number of aryl methyl sites for hydroxylation is 3. The van der Waals surface area contributed by atoms with Crippen molar-refractivity contribution in [1.29, 1.82) is 0 Å². The van der Waals surface area contributed by atoms with Gasteiger partial charge >= 0.3 is 0 Å². The third kappa shape index (κ3) is 3.62. The zero-order chi connectivity index (χ0) is 17.1. The van der Waals surface area contributed by atoms with E-state index in [0.717, 1.165) is 0 Å². The number of aromatic nitrogens is 2. The summed E-state index contributed by atoms with van der Waals surface area (Å²) < 4.78 is 16.1. The minimum atomic E-state index is -0.209. The predicted octanol–water partition coefficient (Wildman–Crippen LogP) is 3.42. The van der Waals surface area contributed by atoms with Crippen LogP contribution in [0.5, 0.6) is 5.75 Å². The highest BCUT2D eigenvalue weighted by Crippen LogP contribution is 2.19. The van der Waals surface area contributed by atoms with Crippen molar-refractivity contribution >= 4 is 11.6 Å². The van der Waals surface area contributed by atoms with Gasteiger partial charge in [-0.25, -0.2) is 0 Å². The molecule has 0 unspecified atom stereocenters. The molecule has 124 valence electrons. The number of hydrogen-bond acceptors (Lipinski definition) is 6. The fourth-order valence-corrected chi connectivity index (χ4v) is 2.23. The Bertz CT molecular complexity index is 849. The maximum atomic E-state index is 12.2. The van der Waals surface area contributed by atoms with Gasteiger partial charge in [-0.1, -0.05) is 0 Å². The Balaban J connectivity index is 1.60. The van der Waals surface area contributed by atoms with Gasteiger partial charge in [-0.15, -0.1) is 10.2 Å². The summed E-state index contributed by atoms with van der Waals surface area (Å²) in [5.74, 6) is 2.64. The van der Waals surface area contributed by atoms with Crippen molar-refractivity contribution in [1.82, 2.24) is 10.2 Å². The molecule has 0 fully saturated rings. The summed E-state index contributed by atoms with van der Waals surface area (Å²) in [4.78, 5) is 12.2. The number of amides is 1. The van der Waals surface area contributed by atoms with E-state index in [9.17, 15) is 4.79 Å². The van der Waals surface area contributed by atoms with Crippen LogP contribution in [0.2, 0.25) is 0 Å². The van der Waals surface area contributed by atoms with E-state index >= 15 is 0 Å². The van der Waals surface area contributed by atoms with Crippen molar-refractivity contribution in [3.63, 3.8) is 0 Å². The number of carbonyl (C=O) groups is 1. The molecule has 0 saturated carbocycles. The molecule has 0 aliphatic rings. The Morgan fingerprint density at radius 1 is 1.12 bits per heavy atom. The van der Waals surface area contributed by atoms with Crippen LogP contribution in [-0.2, 0) is 6.61 Å². The van der Waals surface area contributed by atoms with Crippen molar-refractivity contribution in [2.75, 3.05) is 5.32 Å². The molecule has 0 spiro atoms. The van der Waals surface area contributed by atoms with Crippen molar-refractivity contribution in [3.05, 3.63) is 59.2 Å². The first-order chi connectivity index (χ1) is 11.5. The lowest BCUT2D eigenvalue weighted by molar-refractivity contribution is 0.102. The van der Waals surface area contributed by atoms with Gasteiger partial charge in [0, 0.05) is 12.6 Å². The first-order valence-electron chi connectivity index (χ1n) is 7.41. The van der Waals surface area contributed by atoms with Gasteiger partial charge in [0.25, 0.3) is 11.8 Å². The average Bonchev–Trinajstić information content (AvgIpc) is 3.11. The van der Waals surface area contributed by atoms with E-state index in [0.29, 0.717) is 40.3 Å². The molecule has 0 aliphatic carbocycles. The summed E-state index contributed by atoms with van der Waals surface area (Å²) in [5, 5.41) is 10.4. The van der Waals surface area contributed by atoms with Crippen LogP contribution in [0.15, 0.2) is 39.2 Å². The number of furan rings is 1. The number of carbonyl (C=O) groups excluding carboxylic acids is 1. The lowest BCUT2D eigenvalue weighted by Crippen LogP contribution is -2.12. The molecule has 0 aliphatic heterocycles. The highest BCUT2D eigenvalue weighted by molar-refractivity contribution is 6.05. The highest BCUT2D eigenvalue weighted by Gasteiger charge is 2.13. The third-order valence-electron chi connectivity index (χ3n) is 3.33. The molecule has 1 N–H and O–H groups in total. The summed E-state index contributed by atoms with van der Waals surface area (Å²) in [6.45, 7) is 5.48. The first kappa shape index (κ1) is 15.8. The average molecular weight is 327 g/mol. The van der Waals surface area contributed by atoms with Crippen molar-refractivity contribution in [2.24, 2.45) is 0 Å². The maximum absolute atomic E-state index is 12.2. The molecule has 3 rings (SSSR count). The summed E-state index contributed by atoms with van der Waals surface area (Å²) in [6.07, 6.45) is 0. The van der Waals surface area contributed by atoms with E-state index in [1.807, 2.05) is 0 Å². The molecular weight excluding hydrogens is 310 g/mol. The molecule has 1 aromatic carbocycles. The molecule has 2 heterocycles. The molecular formula is C17H17N3O4. The third-order valence-corrected chi connectivity index (χ3v) is 3.33. The summed E-state index contributed by atoms with van der Waals surface area (Å²) in [6, 6.07) is 8.75. The number of ether oxygens (including phenoxy) is 1. The van der Waals surface area contributed by atoms with Crippen molar-refractivity contribution in [2.45, 2.75) is 27.4 Å². The number of nitrogens with one attached hydrogen (secondary N) is 1. The second kappa shape index (κ2) is 6.57.